The first-order valence-corrected chi connectivity index (χ1v) is 13.8. The number of carbonyl (C=O) groups is 2. The van der Waals surface area contributed by atoms with Crippen molar-refractivity contribution in [1.82, 2.24) is 5.32 Å². The van der Waals surface area contributed by atoms with E-state index in [4.69, 9.17) is 25.5 Å². The van der Waals surface area contributed by atoms with Crippen molar-refractivity contribution >= 4 is 31.9 Å². The minimum atomic E-state index is -2.44. The summed E-state index contributed by atoms with van der Waals surface area (Å²) in [6.45, 7) is 16.5. The van der Waals surface area contributed by atoms with Gasteiger partial charge in [-0.25, -0.2) is 4.79 Å². The Morgan fingerprint density at radius 3 is 2.19 bits per heavy atom. The predicted molar refractivity (Wildman–Crippen MR) is 127 cm³/mol. The van der Waals surface area contributed by atoms with Crippen molar-refractivity contribution in [2.45, 2.75) is 77.3 Å². The number of rotatable bonds is 9. The number of halogens is 1. The van der Waals surface area contributed by atoms with Crippen molar-refractivity contribution in [3.05, 3.63) is 34.9 Å². The molecule has 0 aromatic heterocycles. The van der Waals surface area contributed by atoms with Gasteiger partial charge < -0.3 is 19.2 Å². The van der Waals surface area contributed by atoms with Crippen LogP contribution in [-0.2, 0) is 29.1 Å². The maximum absolute atomic E-state index is 13.7. The summed E-state index contributed by atoms with van der Waals surface area (Å²) in [5.74, 6) is -0.818. The standard InChI is InChI=1S/C23H38ClNO5Si/c1-21(2,3)29-20(27)23(16-25-14-13-19(26)28-7,17-11-10-12-18(24)15-17)30-31(8,9)22(4,5)6/h10-12,15,25H,13-14,16H2,1-9H3/t23-/m0/s1. The van der Waals surface area contributed by atoms with Gasteiger partial charge in [-0.1, -0.05) is 44.5 Å². The monoisotopic (exact) mass is 471 g/mol. The summed E-state index contributed by atoms with van der Waals surface area (Å²) in [6.07, 6.45) is 0.177. The normalized spacial score (nSPS) is 14.6. The van der Waals surface area contributed by atoms with Gasteiger partial charge in [0, 0.05) is 18.1 Å². The van der Waals surface area contributed by atoms with Crippen LogP contribution in [0.5, 0.6) is 0 Å². The molecular weight excluding hydrogens is 434 g/mol. The number of esters is 2. The van der Waals surface area contributed by atoms with E-state index in [0.29, 0.717) is 17.1 Å². The predicted octanol–water partition coefficient (Wildman–Crippen LogP) is 5.05. The highest BCUT2D eigenvalue weighted by Gasteiger charge is 2.51. The van der Waals surface area contributed by atoms with Crippen LogP contribution in [0.25, 0.3) is 0 Å². The van der Waals surface area contributed by atoms with Gasteiger partial charge in [0.05, 0.1) is 13.5 Å². The van der Waals surface area contributed by atoms with Gasteiger partial charge >= 0.3 is 11.9 Å². The molecular formula is C23H38ClNO5Si. The minimum Gasteiger partial charge on any atom is -0.469 e. The topological polar surface area (TPSA) is 73.9 Å². The second kappa shape index (κ2) is 10.5. The van der Waals surface area contributed by atoms with Gasteiger partial charge in [0.1, 0.15) is 5.60 Å². The summed E-state index contributed by atoms with van der Waals surface area (Å²) in [4.78, 5) is 25.2. The molecule has 0 bridgehead atoms. The van der Waals surface area contributed by atoms with E-state index >= 15 is 0 Å². The Morgan fingerprint density at radius 2 is 1.71 bits per heavy atom. The average Bonchev–Trinajstić information content (AvgIpc) is 2.61. The lowest BCUT2D eigenvalue weighted by Gasteiger charge is -2.45. The number of benzene rings is 1. The molecule has 1 N–H and O–H groups in total. The summed E-state index contributed by atoms with van der Waals surface area (Å²) in [7, 11) is -1.10. The van der Waals surface area contributed by atoms with Crippen molar-refractivity contribution in [1.29, 1.82) is 0 Å². The summed E-state index contributed by atoms with van der Waals surface area (Å²) >= 11 is 6.29. The first kappa shape index (κ1) is 27.6. The average molecular weight is 472 g/mol. The van der Waals surface area contributed by atoms with Crippen LogP contribution in [0.1, 0.15) is 53.5 Å². The molecule has 6 nitrogen and oxygen atoms in total. The minimum absolute atomic E-state index is 0.131. The third kappa shape index (κ3) is 7.90. The van der Waals surface area contributed by atoms with Crippen LogP contribution >= 0.6 is 11.6 Å². The molecule has 0 fully saturated rings. The molecule has 0 aliphatic carbocycles. The number of nitrogens with one attached hydrogen (secondary N) is 1. The van der Waals surface area contributed by atoms with E-state index in [1.54, 1.807) is 18.2 Å². The molecule has 1 aromatic carbocycles. The van der Waals surface area contributed by atoms with Crippen molar-refractivity contribution in [2.75, 3.05) is 20.2 Å². The van der Waals surface area contributed by atoms with Crippen LogP contribution in [0.3, 0.4) is 0 Å². The number of hydrogen-bond donors (Lipinski definition) is 1. The van der Waals surface area contributed by atoms with Crippen LogP contribution in [0.15, 0.2) is 24.3 Å². The highest BCUT2D eigenvalue weighted by atomic mass is 35.5. The number of carbonyl (C=O) groups excluding carboxylic acids is 2. The van der Waals surface area contributed by atoms with Gasteiger partial charge in [0.15, 0.2) is 13.9 Å². The van der Waals surface area contributed by atoms with Gasteiger partial charge in [0.2, 0.25) is 0 Å². The third-order valence-electron chi connectivity index (χ3n) is 5.36. The third-order valence-corrected chi connectivity index (χ3v) is 10.1. The molecule has 176 valence electrons. The molecule has 0 saturated heterocycles. The van der Waals surface area contributed by atoms with E-state index in [0.717, 1.165) is 0 Å². The zero-order valence-corrected chi connectivity index (χ0v) is 22.1. The molecule has 0 unspecified atom stereocenters. The van der Waals surface area contributed by atoms with Crippen LogP contribution in [0, 0.1) is 0 Å². The molecule has 8 heteroatoms. The maximum atomic E-state index is 13.7. The number of methoxy groups -OCH3 is 1. The molecule has 0 radical (unpaired) electrons. The first-order valence-electron chi connectivity index (χ1n) is 10.5. The van der Waals surface area contributed by atoms with Crippen LogP contribution in [-0.4, -0.2) is 46.1 Å². The molecule has 0 heterocycles. The quantitative estimate of drug-likeness (QED) is 0.308. The second-order valence-electron chi connectivity index (χ2n) is 10.2. The van der Waals surface area contributed by atoms with Crippen LogP contribution in [0.2, 0.25) is 23.2 Å². The molecule has 0 aliphatic heterocycles. The second-order valence-corrected chi connectivity index (χ2v) is 15.4. The summed E-state index contributed by atoms with van der Waals surface area (Å²) in [5.41, 5.74) is -1.51. The van der Waals surface area contributed by atoms with E-state index < -0.39 is 25.5 Å². The van der Waals surface area contributed by atoms with E-state index in [2.05, 4.69) is 39.2 Å². The fraction of sp³-hybridized carbons (Fsp3) is 0.652. The van der Waals surface area contributed by atoms with Gasteiger partial charge in [0.25, 0.3) is 0 Å². The zero-order valence-electron chi connectivity index (χ0n) is 20.3. The SMILES string of the molecule is COC(=O)CCNC[C@@](O[Si](C)(C)C(C)(C)C)(C(=O)OC(C)(C)C)c1cccc(Cl)c1. The lowest BCUT2D eigenvalue weighted by Crippen LogP contribution is -2.57. The molecule has 1 atom stereocenters. The molecule has 0 saturated carbocycles. The fourth-order valence-electron chi connectivity index (χ4n) is 2.67. The highest BCUT2D eigenvalue weighted by Crippen LogP contribution is 2.43. The first-order chi connectivity index (χ1) is 14.0. The Balaban J connectivity index is 3.50. The summed E-state index contributed by atoms with van der Waals surface area (Å²) in [5, 5.41) is 3.55. The summed E-state index contributed by atoms with van der Waals surface area (Å²) < 4.78 is 17.3. The van der Waals surface area contributed by atoms with Gasteiger partial charge in [-0.05, 0) is 56.6 Å². The van der Waals surface area contributed by atoms with Crippen molar-refractivity contribution in [2.24, 2.45) is 0 Å². The lowest BCUT2D eigenvalue weighted by molar-refractivity contribution is -0.176. The van der Waals surface area contributed by atoms with Gasteiger partial charge in [-0.3, -0.25) is 4.79 Å². The Kier molecular flexibility index (Phi) is 9.33. The van der Waals surface area contributed by atoms with E-state index in [1.807, 2.05) is 26.8 Å². The smallest absolute Gasteiger partial charge is 0.343 e. The highest BCUT2D eigenvalue weighted by molar-refractivity contribution is 6.74. The number of hydrogen-bond acceptors (Lipinski definition) is 6. The molecule has 31 heavy (non-hydrogen) atoms. The lowest BCUT2D eigenvalue weighted by atomic mass is 9.93. The maximum Gasteiger partial charge on any atom is 0.343 e. The Labute approximate surface area is 193 Å². The van der Waals surface area contributed by atoms with Crippen LogP contribution < -0.4 is 5.32 Å². The molecule has 0 aliphatic rings. The van der Waals surface area contributed by atoms with Crippen molar-refractivity contribution in [3.63, 3.8) is 0 Å². The Bertz CT molecular complexity index is 770. The largest absolute Gasteiger partial charge is 0.469 e. The Hall–Kier alpha value is -1.41. The molecule has 0 spiro atoms. The summed E-state index contributed by atoms with van der Waals surface area (Å²) in [6, 6.07) is 7.10. The van der Waals surface area contributed by atoms with E-state index in [9.17, 15) is 9.59 Å². The molecule has 0 amide bonds. The number of ether oxygens (including phenoxy) is 2. The molecule has 1 aromatic rings. The zero-order chi connectivity index (χ0) is 24.1. The van der Waals surface area contributed by atoms with E-state index in [-0.39, 0.29) is 24.0 Å². The van der Waals surface area contributed by atoms with Gasteiger partial charge in [-0.15, -0.1) is 0 Å². The van der Waals surface area contributed by atoms with Crippen LogP contribution in [0.4, 0.5) is 0 Å². The molecule has 1 rings (SSSR count). The van der Waals surface area contributed by atoms with Gasteiger partial charge in [-0.2, -0.15) is 0 Å². The van der Waals surface area contributed by atoms with E-state index in [1.165, 1.54) is 7.11 Å². The van der Waals surface area contributed by atoms with Crippen molar-refractivity contribution < 1.29 is 23.5 Å². The van der Waals surface area contributed by atoms with Crippen molar-refractivity contribution in [3.8, 4) is 0 Å². The Morgan fingerprint density at radius 1 is 1.10 bits per heavy atom. The fourth-order valence-corrected chi connectivity index (χ4v) is 4.32.